The molecule has 1 amide bonds. The molecule has 2 N–H and O–H groups in total. The maximum Gasteiger partial charge on any atom is 0.407 e. The Morgan fingerprint density at radius 2 is 1.74 bits per heavy atom. The minimum absolute atomic E-state index is 0.248. The number of nitrogens with one attached hydrogen (secondary N) is 2. The first-order valence-corrected chi connectivity index (χ1v) is 7.13. The van der Waals surface area contributed by atoms with Gasteiger partial charge in [-0.25, -0.2) is 4.79 Å². The number of alkyl carbamates (subject to hydrolysis) is 1. The minimum Gasteiger partial charge on any atom is -0.444 e. The van der Waals surface area contributed by atoms with Crippen LogP contribution in [0.1, 0.15) is 53.4 Å². The molecule has 0 atom stereocenters. The van der Waals surface area contributed by atoms with Crippen molar-refractivity contribution < 1.29 is 9.53 Å². The van der Waals surface area contributed by atoms with E-state index in [9.17, 15) is 4.79 Å². The monoisotopic (exact) mass is 268 g/mol. The fourth-order valence-corrected chi connectivity index (χ4v) is 2.23. The van der Waals surface area contributed by atoms with Crippen LogP contribution in [0.15, 0.2) is 12.2 Å². The van der Waals surface area contributed by atoms with Crippen molar-refractivity contribution in [2.75, 3.05) is 6.54 Å². The van der Waals surface area contributed by atoms with Crippen molar-refractivity contribution in [3.63, 3.8) is 0 Å². The van der Waals surface area contributed by atoms with Gasteiger partial charge in [-0.15, -0.1) is 0 Å². The number of amides is 1. The molecule has 0 aliphatic heterocycles. The Hall–Kier alpha value is -1.03. The molecule has 1 rings (SSSR count). The van der Waals surface area contributed by atoms with Crippen molar-refractivity contribution >= 4 is 6.09 Å². The van der Waals surface area contributed by atoms with Crippen LogP contribution in [-0.4, -0.2) is 30.3 Å². The Kier molecular flexibility index (Phi) is 5.85. The Morgan fingerprint density at radius 1 is 1.21 bits per heavy atom. The second-order valence-electron chi connectivity index (χ2n) is 6.53. The lowest BCUT2D eigenvalue weighted by Gasteiger charge is -2.30. The third kappa shape index (κ3) is 7.21. The number of ether oxygens (including phenoxy) is 1. The lowest BCUT2D eigenvalue weighted by Crippen LogP contribution is -2.44. The Bertz CT molecular complexity index is 313. The van der Waals surface area contributed by atoms with Gasteiger partial charge in [0.2, 0.25) is 0 Å². The topological polar surface area (TPSA) is 50.4 Å². The number of hydrogen-bond acceptors (Lipinski definition) is 3. The van der Waals surface area contributed by atoms with E-state index in [1.54, 1.807) is 0 Å². The molecule has 0 unspecified atom stereocenters. The highest BCUT2D eigenvalue weighted by atomic mass is 16.6. The van der Waals surface area contributed by atoms with Gasteiger partial charge in [-0.3, -0.25) is 0 Å². The molecule has 1 aliphatic rings. The van der Waals surface area contributed by atoms with Crippen LogP contribution < -0.4 is 10.6 Å². The standard InChI is InChI=1S/C15H28N2O2/c1-11(2)10-16-12-6-8-13(9-7-12)17-14(18)19-15(3,4)5/h12-13,16H,1,6-10H2,2-5H3,(H,17,18). The lowest BCUT2D eigenvalue weighted by atomic mass is 9.91. The molecule has 4 heteroatoms. The van der Waals surface area contributed by atoms with Gasteiger partial charge < -0.3 is 15.4 Å². The minimum atomic E-state index is -0.426. The summed E-state index contributed by atoms with van der Waals surface area (Å²) in [5, 5.41) is 6.44. The summed E-state index contributed by atoms with van der Waals surface area (Å²) in [6, 6.07) is 0.797. The second-order valence-corrected chi connectivity index (χ2v) is 6.53. The molecular weight excluding hydrogens is 240 g/mol. The van der Waals surface area contributed by atoms with E-state index in [-0.39, 0.29) is 12.1 Å². The van der Waals surface area contributed by atoms with Gasteiger partial charge in [-0.2, -0.15) is 0 Å². The lowest BCUT2D eigenvalue weighted by molar-refractivity contribution is 0.0490. The highest BCUT2D eigenvalue weighted by molar-refractivity contribution is 5.68. The molecule has 0 spiro atoms. The molecule has 0 heterocycles. The Morgan fingerprint density at radius 3 is 2.21 bits per heavy atom. The van der Waals surface area contributed by atoms with Gasteiger partial charge in [-0.1, -0.05) is 12.2 Å². The summed E-state index contributed by atoms with van der Waals surface area (Å²) in [5.74, 6) is 0. The van der Waals surface area contributed by atoms with Crippen LogP contribution >= 0.6 is 0 Å². The first-order valence-electron chi connectivity index (χ1n) is 7.13. The fraction of sp³-hybridized carbons (Fsp3) is 0.800. The predicted molar refractivity (Wildman–Crippen MR) is 78.2 cm³/mol. The van der Waals surface area contributed by atoms with Crippen LogP contribution in [0.3, 0.4) is 0 Å². The van der Waals surface area contributed by atoms with Gasteiger partial charge in [0.05, 0.1) is 0 Å². The number of hydrogen-bond donors (Lipinski definition) is 2. The third-order valence-electron chi connectivity index (χ3n) is 3.14. The highest BCUT2D eigenvalue weighted by Crippen LogP contribution is 2.19. The Balaban J connectivity index is 2.23. The molecule has 1 fully saturated rings. The maximum absolute atomic E-state index is 11.7. The van der Waals surface area contributed by atoms with E-state index in [0.717, 1.165) is 37.8 Å². The van der Waals surface area contributed by atoms with Crippen molar-refractivity contribution in [3.05, 3.63) is 12.2 Å². The average molecular weight is 268 g/mol. The summed E-state index contributed by atoms with van der Waals surface area (Å²) in [6.45, 7) is 12.4. The molecule has 1 saturated carbocycles. The quantitative estimate of drug-likeness (QED) is 0.771. The van der Waals surface area contributed by atoms with Crippen molar-refractivity contribution in [3.8, 4) is 0 Å². The van der Waals surface area contributed by atoms with Gasteiger partial charge in [0.1, 0.15) is 5.60 Å². The molecule has 0 aromatic carbocycles. The van der Waals surface area contributed by atoms with E-state index >= 15 is 0 Å². The van der Waals surface area contributed by atoms with Gasteiger partial charge in [0.15, 0.2) is 0 Å². The summed E-state index contributed by atoms with van der Waals surface area (Å²) in [7, 11) is 0. The van der Waals surface area contributed by atoms with Crippen molar-refractivity contribution in [2.45, 2.75) is 71.1 Å². The zero-order chi connectivity index (χ0) is 14.5. The molecule has 19 heavy (non-hydrogen) atoms. The van der Waals surface area contributed by atoms with Crippen molar-refractivity contribution in [1.29, 1.82) is 0 Å². The van der Waals surface area contributed by atoms with E-state index in [1.807, 2.05) is 27.7 Å². The number of rotatable bonds is 4. The van der Waals surface area contributed by atoms with E-state index < -0.39 is 5.60 Å². The normalized spacial score (nSPS) is 23.8. The summed E-state index contributed by atoms with van der Waals surface area (Å²) >= 11 is 0. The zero-order valence-electron chi connectivity index (χ0n) is 12.7. The number of carbonyl (C=O) groups is 1. The van der Waals surface area contributed by atoms with Gasteiger partial charge in [0, 0.05) is 18.6 Å². The fourth-order valence-electron chi connectivity index (χ4n) is 2.23. The van der Waals surface area contributed by atoms with Crippen LogP contribution in [-0.2, 0) is 4.74 Å². The van der Waals surface area contributed by atoms with E-state index in [0.29, 0.717) is 6.04 Å². The largest absolute Gasteiger partial charge is 0.444 e. The predicted octanol–water partition coefficient (Wildman–Crippen LogP) is 2.99. The summed E-state index contributed by atoms with van der Waals surface area (Å²) < 4.78 is 5.27. The molecular formula is C15H28N2O2. The first kappa shape index (κ1) is 16.0. The van der Waals surface area contributed by atoms with Crippen LogP contribution in [0.2, 0.25) is 0 Å². The molecule has 0 aromatic rings. The van der Waals surface area contributed by atoms with Crippen molar-refractivity contribution in [1.82, 2.24) is 10.6 Å². The summed E-state index contributed by atoms with van der Waals surface area (Å²) in [5.41, 5.74) is 0.735. The highest BCUT2D eigenvalue weighted by Gasteiger charge is 2.24. The van der Waals surface area contributed by atoms with E-state index in [2.05, 4.69) is 17.2 Å². The van der Waals surface area contributed by atoms with Crippen LogP contribution in [0.5, 0.6) is 0 Å². The van der Waals surface area contributed by atoms with Crippen molar-refractivity contribution in [2.24, 2.45) is 0 Å². The third-order valence-corrected chi connectivity index (χ3v) is 3.14. The second kappa shape index (κ2) is 6.94. The molecule has 110 valence electrons. The molecule has 0 bridgehead atoms. The average Bonchev–Trinajstić information content (AvgIpc) is 2.25. The molecule has 1 aliphatic carbocycles. The van der Waals surface area contributed by atoms with Gasteiger partial charge >= 0.3 is 6.09 Å². The van der Waals surface area contributed by atoms with Gasteiger partial charge in [-0.05, 0) is 53.4 Å². The van der Waals surface area contributed by atoms with Crippen LogP contribution in [0, 0.1) is 0 Å². The molecule has 4 nitrogen and oxygen atoms in total. The maximum atomic E-state index is 11.7. The SMILES string of the molecule is C=C(C)CNC1CCC(NC(=O)OC(C)(C)C)CC1. The smallest absolute Gasteiger partial charge is 0.407 e. The van der Waals surface area contributed by atoms with Crippen LogP contribution in [0.4, 0.5) is 4.79 Å². The first-order chi connectivity index (χ1) is 8.76. The van der Waals surface area contributed by atoms with Crippen LogP contribution in [0.25, 0.3) is 0 Å². The number of carbonyl (C=O) groups excluding carboxylic acids is 1. The molecule has 0 saturated heterocycles. The summed E-state index contributed by atoms with van der Waals surface area (Å²) in [6.07, 6.45) is 3.90. The molecule has 0 radical (unpaired) electrons. The van der Waals surface area contributed by atoms with E-state index in [4.69, 9.17) is 4.74 Å². The van der Waals surface area contributed by atoms with Gasteiger partial charge in [0.25, 0.3) is 0 Å². The molecule has 0 aromatic heterocycles. The Labute approximate surface area is 117 Å². The zero-order valence-corrected chi connectivity index (χ0v) is 12.7. The summed E-state index contributed by atoms with van der Waals surface area (Å²) in [4.78, 5) is 11.7. The van der Waals surface area contributed by atoms with E-state index in [1.165, 1.54) is 0 Å².